The summed E-state index contributed by atoms with van der Waals surface area (Å²) in [5.41, 5.74) is 7.59. The highest BCUT2D eigenvalue weighted by Gasteiger charge is 2.48. The summed E-state index contributed by atoms with van der Waals surface area (Å²) in [6, 6.07) is 5.12. The number of rotatable bonds is 2. The number of carbonyl (C=O) groups excluding carboxylic acids is 1. The van der Waals surface area contributed by atoms with Crippen molar-refractivity contribution in [2.24, 2.45) is 5.73 Å². The van der Waals surface area contributed by atoms with Gasteiger partial charge in [-0.15, -0.1) is 0 Å². The second-order valence-corrected chi connectivity index (χ2v) is 5.42. The summed E-state index contributed by atoms with van der Waals surface area (Å²) in [6.07, 6.45) is 2.27. The van der Waals surface area contributed by atoms with Crippen LogP contribution in [-0.2, 0) is 17.8 Å². The van der Waals surface area contributed by atoms with Gasteiger partial charge in [0.05, 0.1) is 11.1 Å². The minimum absolute atomic E-state index is 0.00104. The largest absolute Gasteiger partial charge is 0.478 e. The van der Waals surface area contributed by atoms with E-state index < -0.39 is 11.5 Å². The molecule has 2 aliphatic rings. The van der Waals surface area contributed by atoms with Crippen LogP contribution in [0.3, 0.4) is 0 Å². The first-order valence-electron chi connectivity index (χ1n) is 6.43. The topological polar surface area (TPSA) is 83.6 Å². The van der Waals surface area contributed by atoms with Gasteiger partial charge < -0.3 is 15.7 Å². The molecule has 3 rings (SSSR count). The molecule has 1 amide bonds. The van der Waals surface area contributed by atoms with Crippen LogP contribution >= 0.6 is 0 Å². The number of carboxylic acids is 1. The van der Waals surface area contributed by atoms with Crippen molar-refractivity contribution in [2.45, 2.75) is 31.3 Å². The summed E-state index contributed by atoms with van der Waals surface area (Å²) in [5.74, 6) is -0.942. The highest BCUT2D eigenvalue weighted by Crippen LogP contribution is 2.35. The van der Waals surface area contributed by atoms with Crippen LogP contribution in [0.15, 0.2) is 18.2 Å². The van der Waals surface area contributed by atoms with E-state index in [-0.39, 0.29) is 11.5 Å². The van der Waals surface area contributed by atoms with Crippen molar-refractivity contribution < 1.29 is 14.7 Å². The summed E-state index contributed by atoms with van der Waals surface area (Å²) < 4.78 is 0. The molecule has 5 nitrogen and oxygen atoms in total. The molecule has 1 aromatic rings. The van der Waals surface area contributed by atoms with Crippen molar-refractivity contribution in [1.29, 1.82) is 0 Å². The SMILES string of the molecule is NC1(C(=O)N2CCc3ccc(C(=O)O)cc3C2)CC1. The molecule has 19 heavy (non-hydrogen) atoms. The number of nitrogens with zero attached hydrogens (tertiary/aromatic N) is 1. The number of hydrogen-bond acceptors (Lipinski definition) is 3. The van der Waals surface area contributed by atoms with Crippen LogP contribution < -0.4 is 5.73 Å². The highest BCUT2D eigenvalue weighted by molar-refractivity contribution is 5.90. The Bertz CT molecular complexity index is 564. The van der Waals surface area contributed by atoms with Gasteiger partial charge in [-0.05, 0) is 42.5 Å². The summed E-state index contributed by atoms with van der Waals surface area (Å²) >= 11 is 0. The number of benzene rings is 1. The molecule has 0 unspecified atom stereocenters. The number of amides is 1. The summed E-state index contributed by atoms with van der Waals surface area (Å²) in [4.78, 5) is 24.9. The van der Waals surface area contributed by atoms with Gasteiger partial charge in [-0.3, -0.25) is 4.79 Å². The van der Waals surface area contributed by atoms with Crippen LogP contribution in [0, 0.1) is 0 Å². The lowest BCUT2D eigenvalue weighted by Gasteiger charge is -2.31. The van der Waals surface area contributed by atoms with Crippen LogP contribution in [0.2, 0.25) is 0 Å². The second-order valence-electron chi connectivity index (χ2n) is 5.42. The number of carbonyl (C=O) groups is 2. The predicted octanol–water partition coefficient (Wildman–Crippen LogP) is 0.761. The van der Waals surface area contributed by atoms with Crippen LogP contribution in [0.25, 0.3) is 0 Å². The Morgan fingerprint density at radius 2 is 2.00 bits per heavy atom. The molecule has 1 saturated carbocycles. The number of carboxylic acid groups (broad SMARTS) is 1. The van der Waals surface area contributed by atoms with E-state index in [9.17, 15) is 9.59 Å². The van der Waals surface area contributed by atoms with Crippen LogP contribution in [0.4, 0.5) is 0 Å². The third-order valence-corrected chi connectivity index (χ3v) is 3.97. The van der Waals surface area contributed by atoms with E-state index in [1.54, 1.807) is 17.0 Å². The Labute approximate surface area is 111 Å². The van der Waals surface area contributed by atoms with Crippen LogP contribution in [0.1, 0.15) is 34.3 Å². The first kappa shape index (κ1) is 12.2. The molecule has 1 aromatic carbocycles. The van der Waals surface area contributed by atoms with Crippen molar-refractivity contribution in [1.82, 2.24) is 4.90 Å². The highest BCUT2D eigenvalue weighted by atomic mass is 16.4. The summed E-state index contributed by atoms with van der Waals surface area (Å²) in [5, 5.41) is 9.00. The molecule has 0 bridgehead atoms. The average Bonchev–Trinajstić information content (AvgIpc) is 3.15. The predicted molar refractivity (Wildman–Crippen MR) is 68.7 cm³/mol. The quantitative estimate of drug-likeness (QED) is 0.822. The van der Waals surface area contributed by atoms with Crippen molar-refractivity contribution in [2.75, 3.05) is 6.54 Å². The second kappa shape index (κ2) is 4.06. The number of aromatic carboxylic acids is 1. The van der Waals surface area contributed by atoms with E-state index in [0.29, 0.717) is 13.1 Å². The molecule has 1 fully saturated rings. The van der Waals surface area contributed by atoms with E-state index in [2.05, 4.69) is 0 Å². The zero-order valence-electron chi connectivity index (χ0n) is 10.6. The van der Waals surface area contributed by atoms with Crippen molar-refractivity contribution in [3.8, 4) is 0 Å². The van der Waals surface area contributed by atoms with E-state index in [1.165, 1.54) is 0 Å². The molecule has 1 aliphatic heterocycles. The van der Waals surface area contributed by atoms with Gasteiger partial charge in [0.25, 0.3) is 0 Å². The first-order valence-corrected chi connectivity index (χ1v) is 6.43. The maximum Gasteiger partial charge on any atom is 0.335 e. The fourth-order valence-electron chi connectivity index (χ4n) is 2.53. The van der Waals surface area contributed by atoms with E-state index in [1.807, 2.05) is 6.07 Å². The fourth-order valence-corrected chi connectivity index (χ4v) is 2.53. The standard InChI is InChI=1S/C14H16N2O3/c15-14(4-5-14)13(19)16-6-3-9-1-2-10(12(17)18)7-11(9)8-16/h1-2,7H,3-6,8,15H2,(H,17,18). The Kier molecular flexibility index (Phi) is 2.60. The first-order chi connectivity index (χ1) is 8.99. The molecular formula is C14H16N2O3. The number of hydrogen-bond donors (Lipinski definition) is 2. The van der Waals surface area contributed by atoms with Gasteiger partial charge in [-0.2, -0.15) is 0 Å². The minimum Gasteiger partial charge on any atom is -0.478 e. The lowest BCUT2D eigenvalue weighted by atomic mass is 9.97. The maximum atomic E-state index is 12.2. The van der Waals surface area contributed by atoms with Crippen molar-refractivity contribution in [3.05, 3.63) is 34.9 Å². The molecule has 0 atom stereocenters. The molecule has 0 radical (unpaired) electrons. The monoisotopic (exact) mass is 260 g/mol. The van der Waals surface area contributed by atoms with E-state index in [0.717, 1.165) is 30.4 Å². The molecule has 100 valence electrons. The van der Waals surface area contributed by atoms with Crippen molar-refractivity contribution >= 4 is 11.9 Å². The lowest BCUT2D eigenvalue weighted by Crippen LogP contribution is -2.47. The van der Waals surface area contributed by atoms with Gasteiger partial charge in [0.2, 0.25) is 5.91 Å². The summed E-state index contributed by atoms with van der Waals surface area (Å²) in [7, 11) is 0. The van der Waals surface area contributed by atoms with Gasteiger partial charge in [0.1, 0.15) is 0 Å². The zero-order valence-corrected chi connectivity index (χ0v) is 10.6. The van der Waals surface area contributed by atoms with Crippen molar-refractivity contribution in [3.63, 3.8) is 0 Å². The zero-order chi connectivity index (χ0) is 13.6. The van der Waals surface area contributed by atoms with Gasteiger partial charge in [0, 0.05) is 13.1 Å². The molecule has 1 heterocycles. The molecule has 0 aromatic heterocycles. The van der Waals surface area contributed by atoms with E-state index >= 15 is 0 Å². The Morgan fingerprint density at radius 1 is 1.26 bits per heavy atom. The van der Waals surface area contributed by atoms with Crippen LogP contribution in [-0.4, -0.2) is 34.0 Å². The van der Waals surface area contributed by atoms with Gasteiger partial charge in [-0.25, -0.2) is 4.79 Å². The Morgan fingerprint density at radius 3 is 2.63 bits per heavy atom. The average molecular weight is 260 g/mol. The molecule has 1 aliphatic carbocycles. The minimum atomic E-state index is -0.941. The third kappa shape index (κ3) is 2.10. The maximum absolute atomic E-state index is 12.2. The molecule has 3 N–H and O–H groups in total. The van der Waals surface area contributed by atoms with Gasteiger partial charge in [-0.1, -0.05) is 6.07 Å². The molecule has 0 saturated heterocycles. The normalized spacial score (nSPS) is 19.7. The van der Waals surface area contributed by atoms with Gasteiger partial charge in [0.15, 0.2) is 0 Å². The van der Waals surface area contributed by atoms with E-state index in [4.69, 9.17) is 10.8 Å². The molecule has 0 spiro atoms. The number of nitrogens with two attached hydrogens (primary N) is 1. The Hall–Kier alpha value is -1.88. The number of fused-ring (bicyclic) bond motifs is 1. The lowest BCUT2D eigenvalue weighted by molar-refractivity contribution is -0.134. The van der Waals surface area contributed by atoms with Gasteiger partial charge >= 0.3 is 5.97 Å². The molecule has 5 heteroatoms. The smallest absolute Gasteiger partial charge is 0.335 e. The fraction of sp³-hybridized carbons (Fsp3) is 0.429. The third-order valence-electron chi connectivity index (χ3n) is 3.97. The Balaban J connectivity index is 1.84. The summed E-state index contributed by atoms with van der Waals surface area (Å²) in [6.45, 7) is 1.13. The van der Waals surface area contributed by atoms with Crippen LogP contribution in [0.5, 0.6) is 0 Å². The molecular weight excluding hydrogens is 244 g/mol.